The van der Waals surface area contributed by atoms with Gasteiger partial charge in [-0.1, -0.05) is 36.4 Å². The first-order chi connectivity index (χ1) is 16.5. The fourth-order valence-corrected chi connectivity index (χ4v) is 4.17. The second-order valence-electron chi connectivity index (χ2n) is 7.28. The summed E-state index contributed by atoms with van der Waals surface area (Å²) in [6, 6.07) is 10.5. The summed E-state index contributed by atoms with van der Waals surface area (Å²) in [5.41, 5.74) is 11.3. The van der Waals surface area contributed by atoms with E-state index in [0.717, 1.165) is 6.07 Å². The first-order valence-electron chi connectivity index (χ1n) is 10.1. The summed E-state index contributed by atoms with van der Waals surface area (Å²) in [5.74, 6) is -3.67. The molecule has 0 radical (unpaired) electrons. The fourth-order valence-electron chi connectivity index (χ4n) is 2.84. The van der Waals surface area contributed by atoms with Gasteiger partial charge in [-0.3, -0.25) is 19.7 Å². The van der Waals surface area contributed by atoms with Crippen LogP contribution < -0.4 is 26.8 Å². The molecular formula is C21H26N6O7S. The molecule has 0 aliphatic rings. The van der Waals surface area contributed by atoms with Crippen LogP contribution in [0.15, 0.2) is 53.5 Å². The molecule has 0 heterocycles. The third-order valence-electron chi connectivity index (χ3n) is 4.47. The second-order valence-corrected chi connectivity index (χ2v) is 9.03. The van der Waals surface area contributed by atoms with Crippen molar-refractivity contribution in [2.24, 2.45) is 16.5 Å². The van der Waals surface area contributed by atoms with Crippen molar-refractivity contribution in [3.63, 3.8) is 0 Å². The Hall–Kier alpha value is -4.01. The van der Waals surface area contributed by atoms with Gasteiger partial charge in [0, 0.05) is 5.56 Å². The molecule has 188 valence electrons. The van der Waals surface area contributed by atoms with E-state index in [-0.39, 0.29) is 23.8 Å². The smallest absolute Gasteiger partial charge is 0.258 e. The Morgan fingerprint density at radius 2 is 1.74 bits per heavy atom. The van der Waals surface area contributed by atoms with Crippen molar-refractivity contribution in [2.45, 2.75) is 18.3 Å². The van der Waals surface area contributed by atoms with Gasteiger partial charge < -0.3 is 27.0 Å². The van der Waals surface area contributed by atoms with Crippen LogP contribution in [0.1, 0.15) is 21.5 Å². The van der Waals surface area contributed by atoms with Gasteiger partial charge in [0.1, 0.15) is 11.8 Å². The number of aliphatic hydroxyl groups is 1. The van der Waals surface area contributed by atoms with Crippen LogP contribution in [0, 0.1) is 0 Å². The van der Waals surface area contributed by atoms with E-state index >= 15 is 0 Å². The zero-order valence-corrected chi connectivity index (χ0v) is 19.3. The van der Waals surface area contributed by atoms with Gasteiger partial charge in [0.05, 0.1) is 25.4 Å². The molecule has 2 aromatic carbocycles. The van der Waals surface area contributed by atoms with E-state index in [9.17, 15) is 33.0 Å². The number of phenols is 1. The third-order valence-corrected chi connectivity index (χ3v) is 5.82. The Balaban J connectivity index is 1.95. The molecule has 0 saturated heterocycles. The first-order valence-corrected chi connectivity index (χ1v) is 11.8. The Morgan fingerprint density at radius 1 is 1.06 bits per heavy atom. The predicted molar refractivity (Wildman–Crippen MR) is 126 cm³/mol. The highest BCUT2D eigenvalue weighted by atomic mass is 32.2. The number of nitrogens with one attached hydrogen (secondary N) is 3. The van der Waals surface area contributed by atoms with E-state index in [1.807, 2.05) is 5.32 Å². The van der Waals surface area contributed by atoms with Crippen molar-refractivity contribution in [1.82, 2.24) is 15.4 Å². The van der Waals surface area contributed by atoms with Crippen molar-refractivity contribution < 1.29 is 33.0 Å². The monoisotopic (exact) mass is 506 g/mol. The van der Waals surface area contributed by atoms with Gasteiger partial charge in [0.15, 0.2) is 5.96 Å². The van der Waals surface area contributed by atoms with Crippen molar-refractivity contribution in [3.8, 4) is 5.75 Å². The lowest BCUT2D eigenvalue weighted by Crippen LogP contribution is -2.51. The highest BCUT2D eigenvalue weighted by Crippen LogP contribution is 2.17. The Labute approximate surface area is 201 Å². The molecule has 13 nitrogen and oxygen atoms in total. The quantitative estimate of drug-likeness (QED) is 0.132. The van der Waals surface area contributed by atoms with Gasteiger partial charge in [-0.15, -0.1) is 0 Å². The maximum absolute atomic E-state index is 12.5. The van der Waals surface area contributed by atoms with Crippen LogP contribution in [0.5, 0.6) is 5.75 Å². The van der Waals surface area contributed by atoms with E-state index in [0.29, 0.717) is 11.1 Å². The number of phenolic OH excluding ortho intramolecular Hbond substituents is 1. The number of hydrogen-bond acceptors (Lipinski definition) is 8. The number of imide groups is 1. The summed E-state index contributed by atoms with van der Waals surface area (Å²) in [5, 5.41) is 23.3. The molecule has 1 atom stereocenters. The van der Waals surface area contributed by atoms with Crippen LogP contribution in [-0.2, 0) is 31.9 Å². The molecule has 3 amide bonds. The normalized spacial score (nSPS) is 11.8. The molecule has 2 aromatic rings. The van der Waals surface area contributed by atoms with Crippen molar-refractivity contribution in [1.29, 1.82) is 0 Å². The molecule has 0 aliphatic heterocycles. The number of hydrogen-bond donors (Lipinski definition) is 7. The Kier molecular flexibility index (Phi) is 9.69. The lowest BCUT2D eigenvalue weighted by atomic mass is 10.1. The van der Waals surface area contributed by atoms with Gasteiger partial charge in [-0.25, -0.2) is 18.1 Å². The maximum Gasteiger partial charge on any atom is 0.258 e. The molecule has 0 aliphatic carbocycles. The van der Waals surface area contributed by atoms with Crippen LogP contribution in [0.25, 0.3) is 0 Å². The van der Waals surface area contributed by atoms with E-state index in [1.54, 1.807) is 30.3 Å². The lowest BCUT2D eigenvalue weighted by Gasteiger charge is -2.16. The van der Waals surface area contributed by atoms with E-state index in [4.69, 9.17) is 11.5 Å². The molecule has 0 unspecified atom stereocenters. The van der Waals surface area contributed by atoms with Crippen molar-refractivity contribution in [2.75, 3.05) is 13.2 Å². The summed E-state index contributed by atoms with van der Waals surface area (Å²) in [6.45, 7) is -1.64. The summed E-state index contributed by atoms with van der Waals surface area (Å²) in [7, 11) is -3.98. The number of aromatic hydroxyl groups is 1. The summed E-state index contributed by atoms with van der Waals surface area (Å²) < 4.78 is 26.7. The molecule has 14 heteroatoms. The summed E-state index contributed by atoms with van der Waals surface area (Å²) >= 11 is 0. The molecule has 0 spiro atoms. The maximum atomic E-state index is 12.5. The number of sulfonamides is 1. The lowest BCUT2D eigenvalue weighted by molar-refractivity contribution is -0.127. The highest BCUT2D eigenvalue weighted by molar-refractivity contribution is 7.88. The van der Waals surface area contributed by atoms with E-state index < -0.39 is 52.7 Å². The zero-order chi connectivity index (χ0) is 26.0. The molecule has 9 N–H and O–H groups in total. The van der Waals surface area contributed by atoms with Gasteiger partial charge in [-0.05, 0) is 23.3 Å². The summed E-state index contributed by atoms with van der Waals surface area (Å²) in [6.07, 6.45) is 0. The van der Waals surface area contributed by atoms with E-state index in [1.165, 1.54) is 12.1 Å². The SMILES string of the molecule is NC(N)=NCc1ccc(O)cc1C(=O)NC(=O)CNC(=O)[C@H](CO)NS(=O)(=O)Cc1ccccc1. The predicted octanol–water partition coefficient (Wildman–Crippen LogP) is -1.98. The molecular weight excluding hydrogens is 480 g/mol. The number of nitrogens with two attached hydrogens (primary N) is 2. The van der Waals surface area contributed by atoms with Crippen molar-refractivity contribution >= 4 is 33.7 Å². The minimum absolute atomic E-state index is 0.0726. The molecule has 2 rings (SSSR count). The largest absolute Gasteiger partial charge is 0.508 e. The Morgan fingerprint density at radius 3 is 2.37 bits per heavy atom. The van der Waals surface area contributed by atoms with Crippen LogP contribution in [-0.4, -0.2) is 61.5 Å². The topological polar surface area (TPSA) is 226 Å². The third kappa shape index (κ3) is 9.04. The average Bonchev–Trinajstić information content (AvgIpc) is 2.80. The second kappa shape index (κ2) is 12.5. The molecule has 0 fully saturated rings. The number of rotatable bonds is 11. The fraction of sp³-hybridized carbons (Fsp3) is 0.238. The average molecular weight is 507 g/mol. The number of benzene rings is 2. The minimum atomic E-state index is -3.98. The molecule has 0 saturated carbocycles. The number of nitrogens with zero attached hydrogens (tertiary/aromatic N) is 1. The van der Waals surface area contributed by atoms with Gasteiger partial charge >= 0.3 is 0 Å². The number of carbonyl (C=O) groups is 3. The number of aliphatic hydroxyl groups excluding tert-OH is 1. The van der Waals surface area contributed by atoms with Gasteiger partial charge in [-0.2, -0.15) is 0 Å². The van der Waals surface area contributed by atoms with Crippen LogP contribution >= 0.6 is 0 Å². The summed E-state index contributed by atoms with van der Waals surface area (Å²) in [4.78, 5) is 40.7. The van der Waals surface area contributed by atoms with Crippen LogP contribution in [0.4, 0.5) is 0 Å². The first kappa shape index (κ1) is 27.2. The number of guanidine groups is 1. The van der Waals surface area contributed by atoms with Gasteiger partial charge in [0.2, 0.25) is 21.8 Å². The number of amides is 3. The van der Waals surface area contributed by atoms with Crippen LogP contribution in [0.3, 0.4) is 0 Å². The van der Waals surface area contributed by atoms with E-state index in [2.05, 4.69) is 15.0 Å². The molecule has 0 aromatic heterocycles. The minimum Gasteiger partial charge on any atom is -0.508 e. The zero-order valence-electron chi connectivity index (χ0n) is 18.5. The molecule has 35 heavy (non-hydrogen) atoms. The highest BCUT2D eigenvalue weighted by Gasteiger charge is 2.25. The van der Waals surface area contributed by atoms with Gasteiger partial charge in [0.25, 0.3) is 5.91 Å². The standard InChI is InChI=1S/C21H26N6O7S/c22-21(23)25-9-14-6-7-15(29)8-16(14)19(31)26-18(30)10-24-20(32)17(11-28)27-35(33,34)12-13-4-2-1-3-5-13/h1-8,17,27-29H,9-12H2,(H,24,32)(H4,22,23,25)(H,26,30,31)/t17-/m0/s1. The number of aliphatic imine (C=N–C) groups is 1. The number of carbonyl (C=O) groups excluding carboxylic acids is 3. The van der Waals surface area contributed by atoms with Crippen LogP contribution in [0.2, 0.25) is 0 Å². The Bertz CT molecular complexity index is 1200. The molecule has 0 bridgehead atoms. The van der Waals surface area contributed by atoms with Crippen molar-refractivity contribution in [3.05, 3.63) is 65.2 Å².